The van der Waals surface area contributed by atoms with E-state index < -0.39 is 53.8 Å². The van der Waals surface area contributed by atoms with Gasteiger partial charge in [-0.2, -0.15) is 0 Å². The van der Waals surface area contributed by atoms with Crippen LogP contribution in [0.25, 0.3) is 43.3 Å². The van der Waals surface area contributed by atoms with Crippen LogP contribution in [0.5, 0.6) is 0 Å². The third-order valence-electron chi connectivity index (χ3n) is 7.08. The Hall–Kier alpha value is -7.04. The molecular formula is C26H8N8O8. The van der Waals surface area contributed by atoms with Crippen LogP contribution in [-0.4, -0.2) is 19.7 Å². The van der Waals surface area contributed by atoms with Crippen molar-refractivity contribution in [2.24, 2.45) is 0 Å². The van der Waals surface area contributed by atoms with E-state index in [0.29, 0.717) is 0 Å². The summed E-state index contributed by atoms with van der Waals surface area (Å²) in [6.07, 6.45) is -0.415. The number of nitrogens with zero attached hydrogens (tertiary/aromatic N) is 8. The highest BCUT2D eigenvalue weighted by atomic mass is 16.6. The van der Waals surface area contributed by atoms with Crippen LogP contribution in [0, 0.1) is 76.3 Å². The van der Waals surface area contributed by atoms with Crippen molar-refractivity contribution in [1.29, 1.82) is 10.5 Å². The normalized spacial score (nSPS) is 13.0. The lowest BCUT2D eigenvalue weighted by molar-refractivity contribution is -0.422. The van der Waals surface area contributed by atoms with Gasteiger partial charge in [0.1, 0.15) is 0 Å². The number of nitriles is 2. The lowest BCUT2D eigenvalue weighted by Crippen LogP contribution is -2.25. The van der Waals surface area contributed by atoms with Crippen molar-refractivity contribution in [3.05, 3.63) is 120 Å². The van der Waals surface area contributed by atoms with Gasteiger partial charge in [0.25, 0.3) is 11.4 Å². The molecule has 16 heteroatoms. The molecule has 0 unspecified atom stereocenters. The minimum atomic E-state index is -0.964. The van der Waals surface area contributed by atoms with Gasteiger partial charge in [0.15, 0.2) is 0 Å². The molecule has 0 N–H and O–H groups in total. The first-order valence-corrected chi connectivity index (χ1v) is 11.4. The van der Waals surface area contributed by atoms with Crippen LogP contribution in [0.2, 0.25) is 0 Å². The zero-order valence-electron chi connectivity index (χ0n) is 20.6. The molecule has 0 bridgehead atoms. The van der Waals surface area contributed by atoms with Crippen molar-refractivity contribution in [2.45, 2.75) is 12.8 Å². The maximum atomic E-state index is 11.7. The number of nitro benzene ring substituents is 4. The third-order valence-corrected chi connectivity index (χ3v) is 7.08. The predicted octanol–water partition coefficient (Wildman–Crippen LogP) is 3.56. The van der Waals surface area contributed by atoms with Crippen molar-refractivity contribution in [3.8, 4) is 34.4 Å². The zero-order chi connectivity index (χ0) is 30.6. The van der Waals surface area contributed by atoms with Gasteiger partial charge in [0.05, 0.1) is 45.0 Å². The topological polar surface area (TPSA) is 229 Å². The molecule has 0 fully saturated rings. The summed E-state index contributed by atoms with van der Waals surface area (Å²) in [5.41, 5.74) is -3.45. The largest absolute Gasteiger partial charge is 0.346 e. The standard InChI is InChI=1S/C26H8N8O8/c1-29-17(9-27)25-15-3-11-5-19(31(35)36)22(34(41)42)8-14(11)24(15)26(18(10-28)30-2)16-4-12-6-20(32(37)38)21(33(39)40)7-13(12)23(16)25/h5-8H,3-4H2/b25-17-,26-18+. The van der Waals surface area contributed by atoms with Crippen LogP contribution >= 0.6 is 0 Å². The second kappa shape index (κ2) is 9.31. The van der Waals surface area contributed by atoms with Gasteiger partial charge in [-0.05, 0) is 57.3 Å². The average molecular weight is 560 g/mol. The summed E-state index contributed by atoms with van der Waals surface area (Å²) in [6.45, 7) is 15.3. The fraction of sp³-hybridized carbons (Fsp3) is 0.0769. The third kappa shape index (κ3) is 3.58. The Labute approximate surface area is 232 Å². The summed E-state index contributed by atoms with van der Waals surface area (Å²) in [5, 5.41) is 66.4. The van der Waals surface area contributed by atoms with Gasteiger partial charge in [-0.15, -0.1) is 0 Å². The quantitative estimate of drug-likeness (QED) is 0.176. The molecule has 42 heavy (non-hydrogen) atoms. The Morgan fingerprint density at radius 2 is 0.952 bits per heavy atom. The first-order chi connectivity index (χ1) is 20.0. The van der Waals surface area contributed by atoms with E-state index in [9.17, 15) is 51.0 Å². The Bertz CT molecular complexity index is 2020. The number of nitro groups is 4. The molecule has 0 amide bonds. The summed E-state index contributed by atoms with van der Waals surface area (Å²) >= 11 is 0. The number of hydrogen-bond donors (Lipinski definition) is 0. The van der Waals surface area contributed by atoms with E-state index in [0.717, 1.165) is 24.3 Å². The Morgan fingerprint density at radius 3 is 1.21 bits per heavy atom. The molecule has 0 atom stereocenters. The second-order valence-corrected chi connectivity index (χ2v) is 8.98. The van der Waals surface area contributed by atoms with Crippen molar-refractivity contribution in [2.75, 3.05) is 0 Å². The first kappa shape index (κ1) is 26.6. The Kier molecular flexibility index (Phi) is 5.89. The molecule has 3 aromatic rings. The number of rotatable bonds is 4. The smallest absolute Gasteiger partial charge is 0.258 e. The summed E-state index contributed by atoms with van der Waals surface area (Å²) in [6, 6.07) is 7.33. The molecule has 2 aliphatic carbocycles. The van der Waals surface area contributed by atoms with E-state index in [1.54, 1.807) is 12.1 Å². The molecule has 5 rings (SSSR count). The van der Waals surface area contributed by atoms with Crippen molar-refractivity contribution in [3.63, 3.8) is 0 Å². The van der Waals surface area contributed by atoms with Gasteiger partial charge in [-0.1, -0.05) is 0 Å². The molecule has 2 aliphatic rings. The zero-order valence-corrected chi connectivity index (χ0v) is 20.6. The maximum absolute atomic E-state index is 11.7. The fourth-order valence-corrected chi connectivity index (χ4v) is 5.56. The molecule has 3 aromatic carbocycles. The number of fused-ring (bicyclic) bond motifs is 6. The molecule has 0 saturated heterocycles. The predicted molar refractivity (Wildman–Crippen MR) is 140 cm³/mol. The highest BCUT2D eigenvalue weighted by molar-refractivity contribution is 5.94. The summed E-state index contributed by atoms with van der Waals surface area (Å²) in [4.78, 5) is 49.5. The van der Waals surface area contributed by atoms with Gasteiger partial charge in [0.2, 0.25) is 0 Å². The number of hydrogen-bond acceptors (Lipinski definition) is 10. The molecule has 0 aromatic heterocycles. The molecule has 0 aliphatic heterocycles. The van der Waals surface area contributed by atoms with E-state index in [1.165, 1.54) is 0 Å². The van der Waals surface area contributed by atoms with E-state index in [4.69, 9.17) is 13.1 Å². The lowest BCUT2D eigenvalue weighted by Gasteiger charge is -2.13. The summed E-state index contributed by atoms with van der Waals surface area (Å²) in [5.74, 6) is 0. The van der Waals surface area contributed by atoms with Gasteiger partial charge in [-0.3, -0.25) is 40.5 Å². The van der Waals surface area contributed by atoms with Gasteiger partial charge >= 0.3 is 22.7 Å². The van der Waals surface area contributed by atoms with Crippen LogP contribution in [0.3, 0.4) is 0 Å². The fourth-order valence-electron chi connectivity index (χ4n) is 5.56. The number of benzene rings is 3. The Balaban J connectivity index is 2.08. The monoisotopic (exact) mass is 560 g/mol. The average Bonchev–Trinajstić information content (AvgIpc) is 3.51. The molecular weight excluding hydrogens is 552 g/mol. The van der Waals surface area contributed by atoms with Crippen LogP contribution in [0.15, 0.2) is 24.3 Å². The van der Waals surface area contributed by atoms with Crippen molar-refractivity contribution >= 4 is 34.1 Å². The van der Waals surface area contributed by atoms with E-state index >= 15 is 0 Å². The van der Waals surface area contributed by atoms with Gasteiger partial charge in [0, 0.05) is 34.7 Å². The summed E-state index contributed by atoms with van der Waals surface area (Å²) < 4.78 is 0. The highest BCUT2D eigenvalue weighted by Crippen LogP contribution is 2.45. The maximum Gasteiger partial charge on any atom is 0.346 e. The molecule has 16 nitrogen and oxygen atoms in total. The summed E-state index contributed by atoms with van der Waals surface area (Å²) in [7, 11) is 0. The highest BCUT2D eigenvalue weighted by Gasteiger charge is 2.38. The van der Waals surface area contributed by atoms with Crippen molar-refractivity contribution < 1.29 is 19.7 Å². The van der Waals surface area contributed by atoms with Crippen LogP contribution in [0.4, 0.5) is 22.7 Å². The van der Waals surface area contributed by atoms with Crippen LogP contribution in [-0.2, 0) is 12.8 Å². The van der Waals surface area contributed by atoms with Gasteiger partial charge in [-0.25, -0.2) is 20.2 Å². The SMILES string of the molecule is [C-]#[N+]/C(C#N)=c1/c2c(/c(=C(\C#N)[N+]#[C-])c3c1-c1cc([N+](=O)[O-])c([N+](=O)[O-])cc1C3)-c1cc([N+](=O)[O-])c([N+](=O)[O-])cc1C2. The Morgan fingerprint density at radius 1 is 0.643 bits per heavy atom. The van der Waals surface area contributed by atoms with E-state index in [1.807, 2.05) is 0 Å². The van der Waals surface area contributed by atoms with Crippen LogP contribution in [0.1, 0.15) is 22.3 Å². The minimum Gasteiger partial charge on any atom is -0.258 e. The molecule has 0 saturated carbocycles. The minimum absolute atomic E-state index is 0.0491. The second-order valence-electron chi connectivity index (χ2n) is 8.98. The molecule has 200 valence electrons. The first-order valence-electron chi connectivity index (χ1n) is 11.4. The molecule has 0 radical (unpaired) electrons. The van der Waals surface area contributed by atoms with E-state index in [-0.39, 0.29) is 67.8 Å². The van der Waals surface area contributed by atoms with E-state index in [2.05, 4.69) is 9.69 Å². The lowest BCUT2D eigenvalue weighted by atomic mass is 9.90. The molecule has 0 heterocycles. The van der Waals surface area contributed by atoms with Gasteiger partial charge < -0.3 is 0 Å². The van der Waals surface area contributed by atoms with Crippen LogP contribution < -0.4 is 10.4 Å². The molecule has 0 spiro atoms. The van der Waals surface area contributed by atoms with Crippen molar-refractivity contribution in [1.82, 2.24) is 0 Å².